The molecule has 17 heavy (non-hydrogen) atoms. The van der Waals surface area contributed by atoms with E-state index in [4.69, 9.17) is 0 Å². The molecule has 0 saturated carbocycles. The molecular formula is C12H13FIN3. The minimum atomic E-state index is -0.215. The van der Waals surface area contributed by atoms with Crippen LogP contribution in [0.1, 0.15) is 13.8 Å². The minimum Gasteiger partial charge on any atom is -0.353 e. The van der Waals surface area contributed by atoms with Gasteiger partial charge >= 0.3 is 0 Å². The maximum absolute atomic E-state index is 13.5. The molecule has 0 amide bonds. The van der Waals surface area contributed by atoms with Gasteiger partial charge in [-0.1, -0.05) is 6.07 Å². The van der Waals surface area contributed by atoms with E-state index in [1.807, 2.05) is 53.3 Å². The number of rotatable bonds is 3. The Bertz CT molecular complexity index is 522. The molecule has 1 aromatic carbocycles. The molecule has 0 unspecified atom stereocenters. The molecule has 0 bridgehead atoms. The molecule has 1 N–H and O–H groups in total. The van der Waals surface area contributed by atoms with Crippen molar-refractivity contribution < 1.29 is 4.39 Å². The Hall–Kier alpha value is -1.11. The van der Waals surface area contributed by atoms with Crippen molar-refractivity contribution in [3.8, 4) is 5.69 Å². The summed E-state index contributed by atoms with van der Waals surface area (Å²) in [6.45, 7) is 4.07. The molecule has 0 aliphatic carbocycles. The summed E-state index contributed by atoms with van der Waals surface area (Å²) in [7, 11) is 0. The molecule has 1 heterocycles. The summed E-state index contributed by atoms with van der Waals surface area (Å²) in [6.07, 6.45) is 3.52. The molecule has 0 fully saturated rings. The predicted molar refractivity (Wildman–Crippen MR) is 75.0 cm³/mol. The second kappa shape index (κ2) is 5.03. The largest absolute Gasteiger partial charge is 0.353 e. The zero-order chi connectivity index (χ0) is 12.4. The van der Waals surface area contributed by atoms with Gasteiger partial charge < -0.3 is 5.32 Å². The Labute approximate surface area is 113 Å². The third-order valence-electron chi connectivity index (χ3n) is 2.25. The average molecular weight is 345 g/mol. The lowest BCUT2D eigenvalue weighted by atomic mass is 10.3. The number of aromatic nitrogens is 2. The van der Waals surface area contributed by atoms with E-state index in [9.17, 15) is 4.39 Å². The van der Waals surface area contributed by atoms with Crippen molar-refractivity contribution in [3.05, 3.63) is 40.0 Å². The van der Waals surface area contributed by atoms with E-state index in [0.717, 1.165) is 11.6 Å². The van der Waals surface area contributed by atoms with Gasteiger partial charge in [0.1, 0.15) is 5.82 Å². The lowest BCUT2D eigenvalue weighted by Gasteiger charge is -2.13. The van der Waals surface area contributed by atoms with Gasteiger partial charge in [0.15, 0.2) is 0 Å². The van der Waals surface area contributed by atoms with Crippen LogP contribution >= 0.6 is 22.6 Å². The monoisotopic (exact) mass is 345 g/mol. The van der Waals surface area contributed by atoms with Crippen molar-refractivity contribution >= 4 is 28.5 Å². The highest BCUT2D eigenvalue weighted by Crippen LogP contribution is 2.23. The summed E-state index contributed by atoms with van der Waals surface area (Å²) >= 11 is 2.00. The molecule has 0 radical (unpaired) electrons. The molecular weight excluding hydrogens is 332 g/mol. The van der Waals surface area contributed by atoms with Crippen LogP contribution in [0.5, 0.6) is 0 Å². The van der Waals surface area contributed by atoms with Crippen molar-refractivity contribution in [2.45, 2.75) is 19.9 Å². The highest BCUT2D eigenvalue weighted by atomic mass is 127. The van der Waals surface area contributed by atoms with Crippen LogP contribution in [0.15, 0.2) is 30.6 Å². The van der Waals surface area contributed by atoms with E-state index < -0.39 is 0 Å². The van der Waals surface area contributed by atoms with Gasteiger partial charge in [0.05, 0.1) is 9.26 Å². The van der Waals surface area contributed by atoms with Crippen molar-refractivity contribution in [1.29, 1.82) is 0 Å². The molecule has 0 saturated heterocycles. The van der Waals surface area contributed by atoms with Crippen molar-refractivity contribution in [3.63, 3.8) is 0 Å². The zero-order valence-corrected chi connectivity index (χ0v) is 11.8. The van der Waals surface area contributed by atoms with Gasteiger partial charge in [-0.15, -0.1) is 0 Å². The first-order valence-electron chi connectivity index (χ1n) is 5.34. The van der Waals surface area contributed by atoms with Gasteiger partial charge in [-0.05, 0) is 48.6 Å². The summed E-state index contributed by atoms with van der Waals surface area (Å²) in [6, 6.07) is 5.31. The molecule has 0 aliphatic rings. The number of hydrogen-bond donors (Lipinski definition) is 1. The quantitative estimate of drug-likeness (QED) is 0.864. The molecule has 2 rings (SSSR count). The van der Waals surface area contributed by atoms with Gasteiger partial charge in [-0.3, -0.25) is 4.57 Å². The van der Waals surface area contributed by atoms with Crippen LogP contribution in [0.2, 0.25) is 0 Å². The van der Waals surface area contributed by atoms with E-state index in [0.29, 0.717) is 3.57 Å². The maximum atomic E-state index is 13.5. The normalized spacial score (nSPS) is 10.9. The Kier molecular flexibility index (Phi) is 3.66. The second-order valence-electron chi connectivity index (χ2n) is 3.99. The van der Waals surface area contributed by atoms with E-state index >= 15 is 0 Å². The van der Waals surface area contributed by atoms with Crippen molar-refractivity contribution in [2.24, 2.45) is 0 Å². The smallest absolute Gasteiger partial charge is 0.207 e. The lowest BCUT2D eigenvalue weighted by Crippen LogP contribution is -2.14. The number of anilines is 1. The Balaban J connectivity index is 2.46. The molecule has 90 valence electrons. The van der Waals surface area contributed by atoms with Gasteiger partial charge in [0, 0.05) is 18.4 Å². The van der Waals surface area contributed by atoms with Gasteiger partial charge in [0.25, 0.3) is 0 Å². The third kappa shape index (κ3) is 2.59. The van der Waals surface area contributed by atoms with E-state index in [2.05, 4.69) is 10.3 Å². The Morgan fingerprint density at radius 2 is 2.18 bits per heavy atom. The maximum Gasteiger partial charge on any atom is 0.207 e. The van der Waals surface area contributed by atoms with E-state index in [1.165, 1.54) is 6.07 Å². The van der Waals surface area contributed by atoms with Crippen molar-refractivity contribution in [2.75, 3.05) is 5.32 Å². The lowest BCUT2D eigenvalue weighted by molar-refractivity contribution is 0.619. The molecule has 1 aromatic heterocycles. The molecule has 2 aromatic rings. The fraction of sp³-hybridized carbons (Fsp3) is 0.250. The summed E-state index contributed by atoms with van der Waals surface area (Å²) in [5.41, 5.74) is 0.797. The van der Waals surface area contributed by atoms with Gasteiger partial charge in [-0.2, -0.15) is 0 Å². The standard InChI is InChI=1S/C12H13FIN3/c1-8(2)16-12-15-6-7-17(12)10-5-3-4-9(13)11(10)14/h3-8H,1-2H3,(H,15,16). The first kappa shape index (κ1) is 12.3. The topological polar surface area (TPSA) is 29.9 Å². The number of nitrogens with zero attached hydrogens (tertiary/aromatic N) is 2. The van der Waals surface area contributed by atoms with Crippen LogP contribution in [0.25, 0.3) is 5.69 Å². The van der Waals surface area contributed by atoms with E-state index in [-0.39, 0.29) is 11.9 Å². The highest BCUT2D eigenvalue weighted by molar-refractivity contribution is 14.1. The van der Waals surface area contributed by atoms with Crippen LogP contribution in [0.3, 0.4) is 0 Å². The SMILES string of the molecule is CC(C)Nc1nccn1-c1cccc(F)c1I. The van der Waals surface area contributed by atoms with Crippen LogP contribution < -0.4 is 5.32 Å². The van der Waals surface area contributed by atoms with Crippen molar-refractivity contribution in [1.82, 2.24) is 9.55 Å². The van der Waals surface area contributed by atoms with Crippen LogP contribution in [-0.2, 0) is 0 Å². The number of benzene rings is 1. The summed E-state index contributed by atoms with van der Waals surface area (Å²) < 4.78 is 15.9. The first-order chi connectivity index (χ1) is 8.09. The van der Waals surface area contributed by atoms with E-state index in [1.54, 1.807) is 12.3 Å². The molecule has 0 atom stereocenters. The van der Waals surface area contributed by atoms with Gasteiger partial charge in [-0.25, -0.2) is 9.37 Å². The number of halogens is 2. The molecule has 0 aliphatic heterocycles. The molecule has 3 nitrogen and oxygen atoms in total. The Morgan fingerprint density at radius 1 is 1.41 bits per heavy atom. The number of nitrogens with one attached hydrogen (secondary N) is 1. The zero-order valence-electron chi connectivity index (χ0n) is 9.61. The van der Waals surface area contributed by atoms with Gasteiger partial charge in [0.2, 0.25) is 5.95 Å². The molecule has 0 spiro atoms. The average Bonchev–Trinajstić information content (AvgIpc) is 2.69. The second-order valence-corrected chi connectivity index (χ2v) is 5.07. The Morgan fingerprint density at radius 3 is 2.88 bits per heavy atom. The number of hydrogen-bond acceptors (Lipinski definition) is 2. The summed E-state index contributed by atoms with van der Waals surface area (Å²) in [5.74, 6) is 0.510. The summed E-state index contributed by atoms with van der Waals surface area (Å²) in [4.78, 5) is 4.23. The number of imidazole rings is 1. The van der Waals surface area contributed by atoms with Crippen LogP contribution in [0.4, 0.5) is 10.3 Å². The highest BCUT2D eigenvalue weighted by Gasteiger charge is 2.11. The fourth-order valence-electron chi connectivity index (χ4n) is 1.54. The van der Waals surface area contributed by atoms with Crippen LogP contribution in [-0.4, -0.2) is 15.6 Å². The molecule has 5 heteroatoms. The third-order valence-corrected chi connectivity index (χ3v) is 3.32. The summed E-state index contributed by atoms with van der Waals surface area (Å²) in [5, 5.41) is 3.22. The minimum absolute atomic E-state index is 0.215. The van der Waals surface area contributed by atoms with Crippen LogP contribution in [0, 0.1) is 9.39 Å². The first-order valence-corrected chi connectivity index (χ1v) is 6.41. The fourth-order valence-corrected chi connectivity index (χ4v) is 2.16. The predicted octanol–water partition coefficient (Wildman–Crippen LogP) is 3.44.